The Morgan fingerprint density at radius 3 is 2.87 bits per heavy atom. The van der Waals surface area contributed by atoms with Gasteiger partial charge in [0.05, 0.1) is 11.1 Å². The summed E-state index contributed by atoms with van der Waals surface area (Å²) >= 11 is 6.19. The number of halogens is 1. The summed E-state index contributed by atoms with van der Waals surface area (Å²) in [6.45, 7) is 7.24. The molecule has 2 heterocycles. The number of hydrogen-bond acceptors (Lipinski definition) is 2. The molecule has 2 rings (SSSR count). The molecular weight excluding hydrogens is 208 g/mol. The van der Waals surface area contributed by atoms with E-state index >= 15 is 0 Å². The number of aryl methyl sites for hydroxylation is 1. The predicted octanol–water partition coefficient (Wildman–Crippen LogP) is 2.45. The van der Waals surface area contributed by atoms with E-state index in [0.717, 1.165) is 31.0 Å². The Morgan fingerprint density at radius 1 is 1.47 bits per heavy atom. The van der Waals surface area contributed by atoms with Gasteiger partial charge in [-0.1, -0.05) is 13.0 Å². The second-order valence-electron chi connectivity index (χ2n) is 4.46. The quantitative estimate of drug-likeness (QED) is 0.718. The minimum absolute atomic E-state index is 0.301. The summed E-state index contributed by atoms with van der Waals surface area (Å²) < 4.78 is 0. The van der Waals surface area contributed by atoms with Gasteiger partial charge in [0.1, 0.15) is 0 Å². The molecule has 15 heavy (non-hydrogen) atoms. The van der Waals surface area contributed by atoms with Crippen LogP contribution >= 0.6 is 11.6 Å². The highest BCUT2D eigenvalue weighted by molar-refractivity contribution is 6.21. The molecular formula is C12H17ClN2. The van der Waals surface area contributed by atoms with Gasteiger partial charge in [-0.05, 0) is 25.0 Å². The average molecular weight is 225 g/mol. The molecule has 0 N–H and O–H groups in total. The SMILES string of the molecule is Cc1cccc(CN2CC(C)C(Cl)C2)n1. The Hall–Kier alpha value is -0.600. The maximum atomic E-state index is 6.19. The lowest BCUT2D eigenvalue weighted by atomic mass is 10.2. The van der Waals surface area contributed by atoms with Crippen molar-refractivity contribution in [2.75, 3.05) is 13.1 Å². The topological polar surface area (TPSA) is 16.1 Å². The molecule has 1 aliphatic rings. The molecule has 0 saturated carbocycles. The largest absolute Gasteiger partial charge is 0.296 e. The maximum absolute atomic E-state index is 6.19. The Kier molecular flexibility index (Phi) is 3.27. The van der Waals surface area contributed by atoms with Crippen molar-refractivity contribution in [1.82, 2.24) is 9.88 Å². The predicted molar refractivity (Wildman–Crippen MR) is 63.1 cm³/mol. The van der Waals surface area contributed by atoms with Crippen LogP contribution in [0, 0.1) is 12.8 Å². The van der Waals surface area contributed by atoms with Gasteiger partial charge in [-0.15, -0.1) is 11.6 Å². The normalized spacial score (nSPS) is 27.1. The van der Waals surface area contributed by atoms with Crippen molar-refractivity contribution in [3.63, 3.8) is 0 Å². The molecule has 2 nitrogen and oxygen atoms in total. The molecule has 0 aliphatic carbocycles. The monoisotopic (exact) mass is 224 g/mol. The second-order valence-corrected chi connectivity index (χ2v) is 5.02. The van der Waals surface area contributed by atoms with Crippen molar-refractivity contribution in [2.45, 2.75) is 25.8 Å². The van der Waals surface area contributed by atoms with E-state index in [1.807, 2.05) is 13.0 Å². The van der Waals surface area contributed by atoms with E-state index in [4.69, 9.17) is 11.6 Å². The van der Waals surface area contributed by atoms with Gasteiger partial charge in [-0.3, -0.25) is 9.88 Å². The van der Waals surface area contributed by atoms with Crippen molar-refractivity contribution in [1.29, 1.82) is 0 Å². The minimum atomic E-state index is 0.301. The molecule has 82 valence electrons. The highest BCUT2D eigenvalue weighted by atomic mass is 35.5. The van der Waals surface area contributed by atoms with Crippen molar-refractivity contribution in [2.24, 2.45) is 5.92 Å². The van der Waals surface area contributed by atoms with E-state index in [1.165, 1.54) is 0 Å². The fraction of sp³-hybridized carbons (Fsp3) is 0.583. The Balaban J connectivity index is 1.98. The zero-order chi connectivity index (χ0) is 10.8. The van der Waals surface area contributed by atoms with Crippen LogP contribution in [0.1, 0.15) is 18.3 Å². The van der Waals surface area contributed by atoms with Crippen molar-refractivity contribution in [3.8, 4) is 0 Å². The first-order valence-corrected chi connectivity index (χ1v) is 5.88. The Bertz CT molecular complexity index is 330. The average Bonchev–Trinajstić information content (AvgIpc) is 2.45. The molecule has 0 spiro atoms. The van der Waals surface area contributed by atoms with Crippen LogP contribution < -0.4 is 0 Å². The van der Waals surface area contributed by atoms with Crippen molar-refractivity contribution in [3.05, 3.63) is 29.6 Å². The summed E-state index contributed by atoms with van der Waals surface area (Å²) in [7, 11) is 0. The van der Waals surface area contributed by atoms with Gasteiger partial charge in [-0.25, -0.2) is 0 Å². The number of nitrogens with zero attached hydrogens (tertiary/aromatic N) is 2. The van der Waals surface area contributed by atoms with Gasteiger partial charge >= 0.3 is 0 Å². The number of rotatable bonds is 2. The fourth-order valence-corrected chi connectivity index (χ4v) is 2.34. The Labute approximate surface area is 96.3 Å². The first-order chi connectivity index (χ1) is 7.15. The molecule has 1 aromatic rings. The fourth-order valence-electron chi connectivity index (χ4n) is 2.07. The third-order valence-electron chi connectivity index (χ3n) is 2.93. The lowest BCUT2D eigenvalue weighted by Crippen LogP contribution is -2.21. The van der Waals surface area contributed by atoms with Crippen LogP contribution in [-0.2, 0) is 6.54 Å². The van der Waals surface area contributed by atoms with Gasteiger partial charge in [0, 0.05) is 25.3 Å². The van der Waals surface area contributed by atoms with E-state index in [1.54, 1.807) is 0 Å². The van der Waals surface area contributed by atoms with E-state index < -0.39 is 0 Å². The summed E-state index contributed by atoms with van der Waals surface area (Å²) in [6.07, 6.45) is 0. The van der Waals surface area contributed by atoms with Crippen LogP contribution in [0.5, 0.6) is 0 Å². The van der Waals surface area contributed by atoms with Crippen molar-refractivity contribution < 1.29 is 0 Å². The van der Waals surface area contributed by atoms with Crippen LogP contribution in [0.3, 0.4) is 0 Å². The number of hydrogen-bond donors (Lipinski definition) is 0. The van der Waals surface area contributed by atoms with E-state index in [2.05, 4.69) is 28.9 Å². The molecule has 1 aromatic heterocycles. The number of aromatic nitrogens is 1. The van der Waals surface area contributed by atoms with E-state index in [0.29, 0.717) is 11.3 Å². The molecule has 2 atom stereocenters. The summed E-state index contributed by atoms with van der Waals surface area (Å²) in [5.41, 5.74) is 2.23. The Morgan fingerprint density at radius 2 is 2.27 bits per heavy atom. The highest BCUT2D eigenvalue weighted by Gasteiger charge is 2.27. The van der Waals surface area contributed by atoms with Crippen LogP contribution in [-0.4, -0.2) is 28.4 Å². The van der Waals surface area contributed by atoms with Gasteiger partial charge in [0.15, 0.2) is 0 Å². The van der Waals surface area contributed by atoms with Crippen LogP contribution in [0.2, 0.25) is 0 Å². The molecule has 0 bridgehead atoms. The van der Waals surface area contributed by atoms with E-state index in [-0.39, 0.29) is 0 Å². The van der Waals surface area contributed by atoms with Crippen LogP contribution in [0.25, 0.3) is 0 Å². The zero-order valence-corrected chi connectivity index (χ0v) is 10.0. The lowest BCUT2D eigenvalue weighted by Gasteiger charge is -2.14. The second kappa shape index (κ2) is 4.50. The number of likely N-dealkylation sites (tertiary alicyclic amines) is 1. The van der Waals surface area contributed by atoms with E-state index in [9.17, 15) is 0 Å². The molecule has 1 fully saturated rings. The lowest BCUT2D eigenvalue weighted by molar-refractivity contribution is 0.316. The van der Waals surface area contributed by atoms with Gasteiger partial charge in [0.2, 0.25) is 0 Å². The van der Waals surface area contributed by atoms with Gasteiger partial charge in [-0.2, -0.15) is 0 Å². The maximum Gasteiger partial charge on any atom is 0.0547 e. The zero-order valence-electron chi connectivity index (χ0n) is 9.28. The molecule has 2 unspecified atom stereocenters. The molecule has 0 aromatic carbocycles. The third-order valence-corrected chi connectivity index (χ3v) is 3.50. The number of pyridine rings is 1. The third kappa shape index (κ3) is 2.70. The molecule has 1 saturated heterocycles. The molecule has 0 amide bonds. The summed E-state index contributed by atoms with van der Waals surface area (Å²) in [6, 6.07) is 6.18. The van der Waals surface area contributed by atoms with Gasteiger partial charge in [0.25, 0.3) is 0 Å². The summed E-state index contributed by atoms with van der Waals surface area (Å²) in [5, 5.41) is 0.301. The highest BCUT2D eigenvalue weighted by Crippen LogP contribution is 2.22. The first kappa shape index (κ1) is 10.9. The first-order valence-electron chi connectivity index (χ1n) is 5.44. The van der Waals surface area contributed by atoms with Crippen molar-refractivity contribution >= 4 is 11.6 Å². The molecule has 3 heteroatoms. The minimum Gasteiger partial charge on any atom is -0.296 e. The standard InChI is InChI=1S/C12H17ClN2/c1-9-6-15(8-12(9)13)7-11-5-3-4-10(2)14-11/h3-5,9,12H,6-8H2,1-2H3. The summed E-state index contributed by atoms with van der Waals surface area (Å²) in [5.74, 6) is 0.594. The number of alkyl halides is 1. The molecule has 0 radical (unpaired) electrons. The molecule has 1 aliphatic heterocycles. The van der Waals surface area contributed by atoms with Crippen LogP contribution in [0.4, 0.5) is 0 Å². The van der Waals surface area contributed by atoms with Crippen LogP contribution in [0.15, 0.2) is 18.2 Å². The summed E-state index contributed by atoms with van der Waals surface area (Å²) in [4.78, 5) is 6.88. The smallest absolute Gasteiger partial charge is 0.0547 e. The van der Waals surface area contributed by atoms with Gasteiger partial charge < -0.3 is 0 Å².